The lowest BCUT2D eigenvalue weighted by Crippen LogP contribution is -2.44. The maximum Gasteiger partial charge on any atom is 0.422 e. The van der Waals surface area contributed by atoms with E-state index >= 15 is 0 Å². The van der Waals surface area contributed by atoms with Crippen molar-refractivity contribution in [3.05, 3.63) is 0 Å². The summed E-state index contributed by atoms with van der Waals surface area (Å²) in [6.07, 6.45) is 30.1. The Balaban J connectivity index is 0.000000181. The first-order valence-corrected chi connectivity index (χ1v) is 54.9. The topological polar surface area (TPSA) is 278 Å². The van der Waals surface area contributed by atoms with Gasteiger partial charge in [-0.1, -0.05) is 0 Å². The Morgan fingerprint density at radius 3 is 0.634 bits per heavy atom. The highest BCUT2D eigenvalue weighted by Crippen LogP contribution is 2.40. The summed E-state index contributed by atoms with van der Waals surface area (Å²) in [5.41, 5.74) is 0. The zero-order chi connectivity index (χ0) is 103. The highest BCUT2D eigenvalue weighted by atomic mass is 19.4. The van der Waals surface area contributed by atoms with Crippen molar-refractivity contribution in [3.8, 4) is 0 Å². The van der Waals surface area contributed by atoms with Crippen LogP contribution in [0.3, 0.4) is 0 Å². The van der Waals surface area contributed by atoms with Gasteiger partial charge in [-0.25, -0.2) is 42.7 Å². The molecule has 0 aromatic heterocycles. The molecule has 8 amide bonds. The van der Waals surface area contributed by atoms with Crippen LogP contribution in [0.25, 0.3) is 0 Å². The predicted octanol–water partition coefficient (Wildman–Crippen LogP) is 13.7. The van der Waals surface area contributed by atoms with Gasteiger partial charge in [-0.2, -0.15) is 13.2 Å². The average molecular weight is 2020 g/mol. The van der Waals surface area contributed by atoms with Crippen molar-refractivity contribution < 1.29 is 93.8 Å². The molecule has 16 heterocycles. The van der Waals surface area contributed by atoms with Gasteiger partial charge >= 0.3 is 54.9 Å². The SMILES string of the molecule is CCOC(=O)N1CCCC1C1CCN(C)CC1.CN(C)CCOC(=O)N1CCC[C@H]1C1CCN(C)CC1.CN1CCC([C@@H]2CCCN2C(=O)OCC(F)(F)F)CC1.CN1CCC([C@@H]2CCCN2C(=O)OCCF)CC1.CNCCOC(=O)N1CCC[C@H]1C1CCN(C)CC1.COC(=O)N1CCCC1C1CCN(C)CC1.COC(=O)N1CCC[C@@H]1C1CCN(C)CC1.COC(=O)N1CCC[C@H]1C1CCN(C)CC1. The van der Waals surface area contributed by atoms with Gasteiger partial charge in [0.1, 0.15) is 26.5 Å². The third kappa shape index (κ3) is 38.3. The van der Waals surface area contributed by atoms with Gasteiger partial charge in [0.15, 0.2) is 6.61 Å². The lowest BCUT2D eigenvalue weighted by molar-refractivity contribution is -0.162. The molecule has 16 fully saturated rings. The monoisotopic (exact) mass is 2020 g/mol. The van der Waals surface area contributed by atoms with Crippen molar-refractivity contribution >= 4 is 48.7 Å². The van der Waals surface area contributed by atoms with Crippen LogP contribution in [-0.4, -0.2) is 495 Å². The minimum absolute atomic E-state index is 0.0458. The molecule has 16 aliphatic heterocycles. The van der Waals surface area contributed by atoms with Crippen molar-refractivity contribution in [1.29, 1.82) is 0 Å². The second-order valence-corrected chi connectivity index (χ2v) is 43.6. The summed E-state index contributed by atoms with van der Waals surface area (Å²) in [6, 6.07) is 2.91. The minimum atomic E-state index is -4.46. The third-order valence-electron chi connectivity index (χ3n) is 33.5. The molecule has 1 N–H and O–H groups in total. The molecule has 34 nitrogen and oxygen atoms in total. The van der Waals surface area contributed by atoms with Crippen LogP contribution in [0.1, 0.15) is 212 Å². The quantitative estimate of drug-likeness (QED) is 0.0758. The summed E-state index contributed by atoms with van der Waals surface area (Å²) in [5.74, 6) is 5.01. The van der Waals surface area contributed by atoms with Crippen molar-refractivity contribution in [3.63, 3.8) is 0 Å². The fourth-order valence-electron chi connectivity index (χ4n) is 25.1. The molecule has 16 saturated heterocycles. The van der Waals surface area contributed by atoms with E-state index < -0.39 is 25.6 Å². The van der Waals surface area contributed by atoms with Gasteiger partial charge in [0.2, 0.25) is 0 Å². The molecule has 16 aliphatic rings. The summed E-state index contributed by atoms with van der Waals surface area (Å²) in [7, 11) is 27.5. The summed E-state index contributed by atoms with van der Waals surface area (Å²) >= 11 is 0. The average Bonchev–Trinajstić information content (AvgIpc) is 1.94. The van der Waals surface area contributed by atoms with E-state index in [1.165, 1.54) is 103 Å². The van der Waals surface area contributed by atoms with E-state index in [9.17, 15) is 55.9 Å². The summed E-state index contributed by atoms with van der Waals surface area (Å²) < 4.78 is 88.1. The fourth-order valence-corrected chi connectivity index (χ4v) is 25.1. The summed E-state index contributed by atoms with van der Waals surface area (Å²) in [4.78, 5) is 131. The molecule has 0 spiro atoms. The van der Waals surface area contributed by atoms with Crippen molar-refractivity contribution in [2.24, 2.45) is 47.3 Å². The standard InChI is InChI=1S/C15H29N3O2.C14H27N3O2.C13H21F3N2O2.C13H23FN2O2.C13H24N2O2.3C12H22N2O2/c1-16(2)11-12-20-15(19)18-8-4-5-14(18)13-6-9-17(3)10-7-13;1-15-7-11-19-14(18)17-8-3-4-13(17)12-5-9-16(2)10-6-12;1-17-7-4-10(5-8-17)11-3-2-6-18(11)12(19)20-9-13(14,15)16;1-15-8-4-11(5-9-15)12-3-2-7-16(12)13(17)18-10-6-14;1-3-17-13(16)15-8-4-5-12(15)11-6-9-14(2)10-7-11;3*1-13-8-5-10(6-9-13)11-4-3-7-14(11)12(15)16-2/h13-14H,4-12H2,1-3H3;12-13,15H,3-11H2,1-2H3;10-11H,2-9H2,1H3;11-12H,2-10H2,1H3;11-12H,3-10H2,1-2H3;3*10-11H,3-9H2,1-2H3/t14-;13-;11-;12-;;2*11-;/m0000.10./s1. The third-order valence-corrected chi connectivity index (χ3v) is 33.5. The zero-order valence-corrected chi connectivity index (χ0v) is 90.1. The van der Waals surface area contributed by atoms with E-state index in [1.807, 2.05) is 67.3 Å². The van der Waals surface area contributed by atoms with Crippen LogP contribution < -0.4 is 5.32 Å². The van der Waals surface area contributed by atoms with Gasteiger partial charge in [-0.3, -0.25) is 0 Å². The number of piperidine rings is 8. The lowest BCUT2D eigenvalue weighted by atomic mass is 9.88. The number of carbonyl (C=O) groups is 8. The normalized spacial score (nSPS) is 26.9. The Morgan fingerprint density at radius 2 is 0.458 bits per heavy atom. The van der Waals surface area contributed by atoms with Gasteiger partial charge in [0.25, 0.3) is 0 Å². The first kappa shape index (κ1) is 119. The number of amides is 8. The number of likely N-dealkylation sites (N-methyl/N-ethyl adjacent to an activating group) is 2. The lowest BCUT2D eigenvalue weighted by Gasteiger charge is -2.36. The van der Waals surface area contributed by atoms with Crippen LogP contribution in [0.15, 0.2) is 0 Å². The molecule has 0 radical (unpaired) electrons. The number of alkyl halides is 4. The van der Waals surface area contributed by atoms with Crippen LogP contribution in [0.5, 0.6) is 0 Å². The first-order valence-electron chi connectivity index (χ1n) is 54.9. The van der Waals surface area contributed by atoms with Gasteiger partial charge in [-0.05, 0) is 442 Å². The highest BCUT2D eigenvalue weighted by molar-refractivity contribution is 5.71. The molecule has 0 bridgehead atoms. The van der Waals surface area contributed by atoms with Gasteiger partial charge in [-0.15, -0.1) is 0 Å². The fraction of sp³-hybridized carbons (Fsp3) is 0.923. The number of ether oxygens (including phenoxy) is 8. The van der Waals surface area contributed by atoms with Crippen LogP contribution in [0.4, 0.5) is 55.9 Å². The molecular formula is C104H190F4N18O16. The van der Waals surface area contributed by atoms with Gasteiger partial charge < -0.3 is 127 Å². The Bertz CT molecular complexity index is 3470. The van der Waals surface area contributed by atoms with Gasteiger partial charge in [0.05, 0.1) is 27.9 Å². The van der Waals surface area contributed by atoms with Crippen molar-refractivity contribution in [2.45, 2.75) is 267 Å². The maximum atomic E-state index is 12.2. The number of rotatable bonds is 18. The van der Waals surface area contributed by atoms with Crippen LogP contribution in [0.2, 0.25) is 0 Å². The molecule has 8 atom stereocenters. The van der Waals surface area contributed by atoms with E-state index in [-0.39, 0.29) is 55.3 Å². The molecule has 0 aromatic rings. The molecule has 16 rings (SSSR count). The summed E-state index contributed by atoms with van der Waals surface area (Å²) in [6.45, 7) is 27.2. The second kappa shape index (κ2) is 62.7. The highest BCUT2D eigenvalue weighted by Gasteiger charge is 2.46. The van der Waals surface area contributed by atoms with Crippen LogP contribution >= 0.6 is 0 Å². The molecule has 0 saturated carbocycles. The number of nitrogens with one attached hydrogen (secondary N) is 1. The molecule has 0 aliphatic carbocycles. The number of likely N-dealkylation sites (tertiary alicyclic amines) is 16. The zero-order valence-electron chi connectivity index (χ0n) is 90.1. The molecule has 2 unspecified atom stereocenters. The number of methoxy groups -OCH3 is 3. The number of halogens is 4. The van der Waals surface area contributed by atoms with Crippen molar-refractivity contribution in [2.75, 3.05) is 309 Å². The van der Waals surface area contributed by atoms with Crippen LogP contribution in [0, 0.1) is 47.3 Å². The molecule has 0 aromatic carbocycles. The molecule has 820 valence electrons. The van der Waals surface area contributed by atoms with E-state index in [2.05, 4.69) is 106 Å². The minimum Gasteiger partial charge on any atom is -0.453 e. The molecular weight excluding hydrogens is 1830 g/mol. The predicted molar refractivity (Wildman–Crippen MR) is 544 cm³/mol. The smallest absolute Gasteiger partial charge is 0.422 e. The van der Waals surface area contributed by atoms with Crippen LogP contribution in [-0.2, 0) is 37.9 Å². The maximum absolute atomic E-state index is 12.2. The molecule has 142 heavy (non-hydrogen) atoms. The van der Waals surface area contributed by atoms with E-state index in [0.29, 0.717) is 116 Å². The van der Waals surface area contributed by atoms with Crippen molar-refractivity contribution in [1.82, 2.24) is 88.6 Å². The Morgan fingerprint density at radius 1 is 0.275 bits per heavy atom. The Kier molecular flexibility index (Phi) is 52.6. The van der Waals surface area contributed by atoms with E-state index in [1.54, 1.807) is 0 Å². The summed E-state index contributed by atoms with van der Waals surface area (Å²) in [5, 5.41) is 2.99. The first-order chi connectivity index (χ1) is 68.3. The van der Waals surface area contributed by atoms with Gasteiger partial charge in [0, 0.05) is 114 Å². The Hall–Kier alpha value is -6.52. The van der Waals surface area contributed by atoms with E-state index in [0.717, 1.165) is 292 Å². The number of hydrogen-bond donors (Lipinski definition) is 1. The number of nitrogens with zero attached hydrogens (tertiary/aromatic N) is 17. The Labute approximate surface area is 850 Å². The van der Waals surface area contributed by atoms with E-state index in [4.69, 9.17) is 33.2 Å². The number of carbonyl (C=O) groups excluding carboxylic acids is 8. The largest absolute Gasteiger partial charge is 0.453 e. The second-order valence-electron chi connectivity index (χ2n) is 43.6. The molecule has 38 heteroatoms. The number of hydrogen-bond acceptors (Lipinski definition) is 26.